The fourth-order valence-corrected chi connectivity index (χ4v) is 3.03. The molecule has 1 aromatic carbocycles. The molecular weight excluding hydrogens is 196 g/mol. The van der Waals surface area contributed by atoms with Gasteiger partial charge in [-0.3, -0.25) is 0 Å². The summed E-state index contributed by atoms with van der Waals surface area (Å²) < 4.78 is 22.4. The maximum Gasteiger partial charge on any atom is 0.172 e. The van der Waals surface area contributed by atoms with Crippen molar-refractivity contribution in [2.75, 3.05) is 5.75 Å². The van der Waals surface area contributed by atoms with Crippen LogP contribution in [0.4, 0.5) is 0 Å². The van der Waals surface area contributed by atoms with Gasteiger partial charge in [-0.1, -0.05) is 35.9 Å². The number of aryl methyl sites for hydroxylation is 1. The summed E-state index contributed by atoms with van der Waals surface area (Å²) in [6, 6.07) is 7.98. The summed E-state index contributed by atoms with van der Waals surface area (Å²) in [7, 11) is -2.94. The van der Waals surface area contributed by atoms with E-state index in [1.165, 1.54) is 11.0 Å². The van der Waals surface area contributed by atoms with Crippen molar-refractivity contribution in [3.63, 3.8) is 0 Å². The molecule has 0 aromatic heterocycles. The van der Waals surface area contributed by atoms with Crippen molar-refractivity contribution in [1.29, 1.82) is 0 Å². The number of sulfone groups is 1. The van der Waals surface area contributed by atoms with Gasteiger partial charge in [0.05, 0.1) is 5.75 Å². The van der Waals surface area contributed by atoms with E-state index in [1.54, 1.807) is 6.08 Å². The minimum atomic E-state index is -2.94. The van der Waals surface area contributed by atoms with Crippen molar-refractivity contribution in [2.45, 2.75) is 12.8 Å². The van der Waals surface area contributed by atoms with Gasteiger partial charge in [-0.2, -0.15) is 0 Å². The summed E-state index contributed by atoms with van der Waals surface area (Å²) in [6.07, 6.45) is 1.77. The van der Waals surface area contributed by atoms with Crippen LogP contribution >= 0.6 is 0 Å². The molecule has 2 nitrogen and oxygen atoms in total. The van der Waals surface area contributed by atoms with Gasteiger partial charge >= 0.3 is 0 Å². The zero-order chi connectivity index (χ0) is 10.2. The standard InChI is InChI=1S/C11H12O2S/c1-9-3-2-4-10(7-9)11-5-6-14(12,13)8-11/h2-7,11H,8H2,1H3. The SMILES string of the molecule is Cc1cccc(C2C=CS(=O)(=O)C2)c1. The lowest BCUT2D eigenvalue weighted by atomic mass is 10.00. The summed E-state index contributed by atoms with van der Waals surface area (Å²) in [5.74, 6) is 0.260. The van der Waals surface area contributed by atoms with Crippen LogP contribution in [0.5, 0.6) is 0 Å². The zero-order valence-electron chi connectivity index (χ0n) is 7.97. The maximum atomic E-state index is 11.2. The molecule has 0 saturated heterocycles. The number of rotatable bonds is 1. The third-order valence-corrected chi connectivity index (χ3v) is 3.80. The molecule has 0 amide bonds. The monoisotopic (exact) mass is 208 g/mol. The number of benzene rings is 1. The fourth-order valence-electron chi connectivity index (χ4n) is 1.68. The van der Waals surface area contributed by atoms with Gasteiger partial charge in [0.2, 0.25) is 0 Å². The largest absolute Gasteiger partial charge is 0.224 e. The second-order valence-electron chi connectivity index (χ2n) is 3.68. The molecule has 1 unspecified atom stereocenters. The lowest BCUT2D eigenvalue weighted by Gasteiger charge is -2.07. The quantitative estimate of drug-likeness (QED) is 0.707. The maximum absolute atomic E-state index is 11.2. The van der Waals surface area contributed by atoms with Crippen LogP contribution < -0.4 is 0 Å². The van der Waals surface area contributed by atoms with Crippen LogP contribution in [0.2, 0.25) is 0 Å². The highest BCUT2D eigenvalue weighted by Crippen LogP contribution is 2.26. The van der Waals surface area contributed by atoms with E-state index in [9.17, 15) is 8.42 Å². The van der Waals surface area contributed by atoms with E-state index in [1.807, 2.05) is 31.2 Å². The van der Waals surface area contributed by atoms with Gasteiger partial charge in [-0.05, 0) is 12.5 Å². The average Bonchev–Trinajstić information content (AvgIpc) is 2.46. The van der Waals surface area contributed by atoms with E-state index < -0.39 is 9.84 Å². The molecule has 0 bridgehead atoms. The molecule has 0 N–H and O–H groups in total. The Morgan fingerprint density at radius 3 is 2.71 bits per heavy atom. The molecule has 3 heteroatoms. The predicted molar refractivity (Wildman–Crippen MR) is 56.8 cm³/mol. The van der Waals surface area contributed by atoms with Crippen molar-refractivity contribution < 1.29 is 8.42 Å². The lowest BCUT2D eigenvalue weighted by molar-refractivity contribution is 0.604. The van der Waals surface area contributed by atoms with E-state index in [2.05, 4.69) is 0 Å². The first-order chi connectivity index (χ1) is 6.57. The smallest absolute Gasteiger partial charge is 0.172 e. The highest BCUT2D eigenvalue weighted by atomic mass is 32.2. The lowest BCUT2D eigenvalue weighted by Crippen LogP contribution is -2.03. The Kier molecular flexibility index (Phi) is 2.19. The molecule has 1 aromatic rings. The Morgan fingerprint density at radius 2 is 2.14 bits per heavy atom. The minimum Gasteiger partial charge on any atom is -0.224 e. The molecule has 0 fully saturated rings. The Morgan fingerprint density at radius 1 is 1.36 bits per heavy atom. The second kappa shape index (κ2) is 3.24. The number of hydrogen-bond donors (Lipinski definition) is 0. The molecule has 1 heterocycles. The van der Waals surface area contributed by atoms with Gasteiger partial charge in [-0.15, -0.1) is 0 Å². The van der Waals surface area contributed by atoms with Crippen molar-refractivity contribution in [3.05, 3.63) is 46.9 Å². The van der Waals surface area contributed by atoms with Gasteiger partial charge in [0.1, 0.15) is 0 Å². The molecule has 1 aliphatic heterocycles. The summed E-state index contributed by atoms with van der Waals surface area (Å²) in [5.41, 5.74) is 2.25. The van der Waals surface area contributed by atoms with E-state index in [0.29, 0.717) is 0 Å². The Balaban J connectivity index is 2.31. The molecule has 14 heavy (non-hydrogen) atoms. The predicted octanol–water partition coefficient (Wildman–Crippen LogP) is 2.02. The molecule has 1 atom stereocenters. The number of allylic oxidation sites excluding steroid dienone is 1. The summed E-state index contributed by atoms with van der Waals surface area (Å²) in [6.45, 7) is 2.01. The second-order valence-corrected chi connectivity index (χ2v) is 5.61. The van der Waals surface area contributed by atoms with Crippen molar-refractivity contribution in [2.24, 2.45) is 0 Å². The average molecular weight is 208 g/mol. The van der Waals surface area contributed by atoms with E-state index in [-0.39, 0.29) is 11.7 Å². The van der Waals surface area contributed by atoms with E-state index in [0.717, 1.165) is 5.56 Å². The molecule has 0 radical (unpaired) electrons. The number of hydrogen-bond acceptors (Lipinski definition) is 2. The van der Waals surface area contributed by atoms with Gasteiger partial charge in [0, 0.05) is 11.3 Å². The first-order valence-corrected chi connectivity index (χ1v) is 6.26. The van der Waals surface area contributed by atoms with Crippen molar-refractivity contribution >= 4 is 9.84 Å². The Hall–Kier alpha value is -1.09. The molecule has 0 spiro atoms. The van der Waals surface area contributed by atoms with Crippen LogP contribution in [-0.4, -0.2) is 14.2 Å². The van der Waals surface area contributed by atoms with Gasteiger partial charge in [-0.25, -0.2) is 8.42 Å². The molecule has 2 rings (SSSR count). The van der Waals surface area contributed by atoms with Crippen LogP contribution in [0.3, 0.4) is 0 Å². The molecule has 74 valence electrons. The zero-order valence-corrected chi connectivity index (χ0v) is 8.79. The minimum absolute atomic E-state index is 0.0416. The third-order valence-electron chi connectivity index (χ3n) is 2.40. The van der Waals surface area contributed by atoms with Crippen molar-refractivity contribution in [3.8, 4) is 0 Å². The highest BCUT2D eigenvalue weighted by molar-refractivity contribution is 7.94. The van der Waals surface area contributed by atoms with E-state index in [4.69, 9.17) is 0 Å². The molecule has 1 aliphatic rings. The summed E-state index contributed by atoms with van der Waals surface area (Å²) in [4.78, 5) is 0. The molecule has 0 aliphatic carbocycles. The Bertz CT molecular complexity index is 472. The van der Waals surface area contributed by atoms with E-state index >= 15 is 0 Å². The first-order valence-electron chi connectivity index (χ1n) is 4.54. The summed E-state index contributed by atoms with van der Waals surface area (Å²) >= 11 is 0. The van der Waals surface area contributed by atoms with Crippen molar-refractivity contribution in [1.82, 2.24) is 0 Å². The normalized spacial score (nSPS) is 23.9. The van der Waals surface area contributed by atoms with Crippen LogP contribution in [0, 0.1) is 6.92 Å². The molecule has 0 saturated carbocycles. The fraction of sp³-hybridized carbons (Fsp3) is 0.273. The van der Waals surface area contributed by atoms with Gasteiger partial charge in [0.25, 0.3) is 0 Å². The summed E-state index contributed by atoms with van der Waals surface area (Å²) in [5, 5.41) is 1.32. The Labute approximate surface area is 84.2 Å². The van der Waals surface area contributed by atoms with Crippen LogP contribution in [0.1, 0.15) is 17.0 Å². The van der Waals surface area contributed by atoms with Crippen LogP contribution in [-0.2, 0) is 9.84 Å². The molecular formula is C11H12O2S. The van der Waals surface area contributed by atoms with Crippen LogP contribution in [0.15, 0.2) is 35.7 Å². The topological polar surface area (TPSA) is 34.1 Å². The van der Waals surface area contributed by atoms with Gasteiger partial charge in [0.15, 0.2) is 9.84 Å². The first kappa shape index (κ1) is 9.46. The van der Waals surface area contributed by atoms with Gasteiger partial charge < -0.3 is 0 Å². The highest BCUT2D eigenvalue weighted by Gasteiger charge is 2.22. The van der Waals surface area contributed by atoms with Crippen LogP contribution in [0.25, 0.3) is 0 Å². The third kappa shape index (κ3) is 1.87.